The van der Waals surface area contributed by atoms with E-state index in [1.54, 1.807) is 0 Å². The fourth-order valence-electron chi connectivity index (χ4n) is 2.86. The highest BCUT2D eigenvalue weighted by Crippen LogP contribution is 2.14. The van der Waals surface area contributed by atoms with Crippen molar-refractivity contribution >= 4 is 6.16 Å². The van der Waals surface area contributed by atoms with Gasteiger partial charge in [-0.15, -0.1) is 0 Å². The second kappa shape index (κ2) is 16.6. The van der Waals surface area contributed by atoms with E-state index in [2.05, 4.69) is 11.7 Å². The van der Waals surface area contributed by atoms with Crippen LogP contribution in [0.25, 0.3) is 0 Å². The third-order valence-corrected chi connectivity index (χ3v) is 4.27. The number of hydrogen-bond acceptors (Lipinski definition) is 2. The zero-order valence-electron chi connectivity index (χ0n) is 14.9. The van der Waals surface area contributed by atoms with Gasteiger partial charge in [-0.2, -0.15) is 0 Å². The largest absolute Gasteiger partial charge is 0.506 e. The first-order valence-corrected chi connectivity index (χ1v) is 9.56. The molecule has 0 aliphatic heterocycles. The molecule has 3 nitrogen and oxygen atoms in total. The Labute approximate surface area is 137 Å². The van der Waals surface area contributed by atoms with Gasteiger partial charge in [0.2, 0.25) is 0 Å². The average molecular weight is 315 g/mol. The molecule has 22 heavy (non-hydrogen) atoms. The van der Waals surface area contributed by atoms with Crippen molar-refractivity contribution in [1.29, 1.82) is 0 Å². The van der Waals surface area contributed by atoms with E-state index in [0.717, 1.165) is 12.8 Å². The molecule has 0 bridgehead atoms. The molecule has 0 aromatic carbocycles. The van der Waals surface area contributed by atoms with Crippen molar-refractivity contribution in [3.8, 4) is 0 Å². The molecule has 0 rings (SSSR count). The molecule has 0 aromatic heterocycles. The SMILES string of the molecule is CCCCCCCCCCCCCCCCC(C)OC(=O)O. The maximum absolute atomic E-state index is 10.3. The van der Waals surface area contributed by atoms with Gasteiger partial charge in [0.1, 0.15) is 6.10 Å². The highest BCUT2D eigenvalue weighted by molar-refractivity contribution is 5.56. The van der Waals surface area contributed by atoms with Crippen molar-refractivity contribution in [2.75, 3.05) is 0 Å². The molecule has 1 atom stereocenters. The first-order chi connectivity index (χ1) is 10.7. The summed E-state index contributed by atoms with van der Waals surface area (Å²) in [7, 11) is 0. The molecule has 1 unspecified atom stereocenters. The normalized spacial score (nSPS) is 12.3. The van der Waals surface area contributed by atoms with E-state index in [9.17, 15) is 4.79 Å². The van der Waals surface area contributed by atoms with Crippen LogP contribution >= 0.6 is 0 Å². The van der Waals surface area contributed by atoms with Crippen LogP contribution in [0.15, 0.2) is 0 Å². The molecule has 0 aliphatic carbocycles. The molecule has 0 saturated heterocycles. The lowest BCUT2D eigenvalue weighted by Crippen LogP contribution is -2.12. The summed E-state index contributed by atoms with van der Waals surface area (Å²) in [5, 5.41) is 8.48. The highest BCUT2D eigenvalue weighted by Gasteiger charge is 2.06. The maximum Gasteiger partial charge on any atom is 0.506 e. The Balaban J connectivity index is 3.07. The van der Waals surface area contributed by atoms with Gasteiger partial charge in [-0.3, -0.25) is 0 Å². The van der Waals surface area contributed by atoms with Crippen LogP contribution in [0.5, 0.6) is 0 Å². The number of rotatable bonds is 16. The van der Waals surface area contributed by atoms with Gasteiger partial charge in [0, 0.05) is 0 Å². The van der Waals surface area contributed by atoms with E-state index < -0.39 is 6.16 Å². The highest BCUT2D eigenvalue weighted by atomic mass is 16.7. The second-order valence-electron chi connectivity index (χ2n) is 6.58. The monoisotopic (exact) mass is 314 g/mol. The van der Waals surface area contributed by atoms with Crippen molar-refractivity contribution in [3.05, 3.63) is 0 Å². The molecule has 0 fully saturated rings. The van der Waals surface area contributed by atoms with Crippen molar-refractivity contribution in [3.63, 3.8) is 0 Å². The minimum Gasteiger partial charge on any atom is -0.450 e. The predicted octanol–water partition coefficient (Wildman–Crippen LogP) is 6.94. The summed E-state index contributed by atoms with van der Waals surface area (Å²) < 4.78 is 4.68. The zero-order chi connectivity index (χ0) is 16.5. The third-order valence-electron chi connectivity index (χ3n) is 4.27. The van der Waals surface area contributed by atoms with Crippen LogP contribution in [-0.4, -0.2) is 17.4 Å². The van der Waals surface area contributed by atoms with Gasteiger partial charge in [0.25, 0.3) is 0 Å². The number of carbonyl (C=O) groups is 1. The van der Waals surface area contributed by atoms with Gasteiger partial charge in [-0.1, -0.05) is 90.4 Å². The Bertz CT molecular complexity index is 241. The Morgan fingerprint density at radius 1 is 0.773 bits per heavy atom. The second-order valence-corrected chi connectivity index (χ2v) is 6.58. The van der Waals surface area contributed by atoms with Crippen LogP contribution in [0.3, 0.4) is 0 Å². The lowest BCUT2D eigenvalue weighted by Gasteiger charge is -2.09. The minimum atomic E-state index is -1.15. The van der Waals surface area contributed by atoms with Crippen molar-refractivity contribution in [1.82, 2.24) is 0 Å². The topological polar surface area (TPSA) is 46.5 Å². The minimum absolute atomic E-state index is 0.158. The van der Waals surface area contributed by atoms with Crippen LogP contribution in [0, 0.1) is 0 Å². The molecule has 0 spiro atoms. The summed E-state index contributed by atoms with van der Waals surface area (Å²) in [6, 6.07) is 0. The van der Waals surface area contributed by atoms with E-state index in [4.69, 9.17) is 5.11 Å². The van der Waals surface area contributed by atoms with Gasteiger partial charge in [0.15, 0.2) is 0 Å². The molecule has 0 amide bonds. The smallest absolute Gasteiger partial charge is 0.450 e. The van der Waals surface area contributed by atoms with E-state index >= 15 is 0 Å². The van der Waals surface area contributed by atoms with Crippen LogP contribution in [0.4, 0.5) is 4.79 Å². The summed E-state index contributed by atoms with van der Waals surface area (Å²) in [5.74, 6) is 0. The average Bonchev–Trinajstić information content (AvgIpc) is 2.47. The van der Waals surface area contributed by atoms with Crippen molar-refractivity contribution in [2.24, 2.45) is 0 Å². The number of hydrogen-bond donors (Lipinski definition) is 1. The standard InChI is InChI=1S/C19H38O3/c1-3-4-5-6-7-8-9-10-11-12-13-14-15-16-17-18(2)22-19(20)21/h18H,3-17H2,1-2H3,(H,20,21). The summed E-state index contributed by atoms with van der Waals surface area (Å²) >= 11 is 0. The molecular formula is C19H38O3. The molecule has 0 aromatic rings. The van der Waals surface area contributed by atoms with Gasteiger partial charge in [-0.25, -0.2) is 4.79 Å². The lowest BCUT2D eigenvalue weighted by molar-refractivity contribution is 0.0548. The summed E-state index contributed by atoms with van der Waals surface area (Å²) in [6.07, 6.45) is 18.4. The first kappa shape index (κ1) is 21.3. The van der Waals surface area contributed by atoms with Crippen LogP contribution in [-0.2, 0) is 4.74 Å². The van der Waals surface area contributed by atoms with E-state index in [1.165, 1.54) is 83.5 Å². The summed E-state index contributed by atoms with van der Waals surface area (Å²) in [6.45, 7) is 4.10. The summed E-state index contributed by atoms with van der Waals surface area (Å²) in [4.78, 5) is 10.3. The van der Waals surface area contributed by atoms with Crippen LogP contribution < -0.4 is 0 Å². The number of carboxylic acid groups (broad SMARTS) is 1. The van der Waals surface area contributed by atoms with E-state index in [1.807, 2.05) is 6.92 Å². The fraction of sp³-hybridized carbons (Fsp3) is 0.947. The van der Waals surface area contributed by atoms with Gasteiger partial charge in [0.05, 0.1) is 0 Å². The van der Waals surface area contributed by atoms with Crippen LogP contribution in [0.2, 0.25) is 0 Å². The lowest BCUT2D eigenvalue weighted by atomic mass is 10.0. The molecule has 0 radical (unpaired) electrons. The number of ether oxygens (including phenoxy) is 1. The fourth-order valence-corrected chi connectivity index (χ4v) is 2.86. The molecule has 0 saturated carbocycles. The number of unbranched alkanes of at least 4 members (excludes halogenated alkanes) is 13. The predicted molar refractivity (Wildman–Crippen MR) is 93.5 cm³/mol. The maximum atomic E-state index is 10.3. The van der Waals surface area contributed by atoms with E-state index in [-0.39, 0.29) is 6.10 Å². The Morgan fingerprint density at radius 2 is 1.14 bits per heavy atom. The Hall–Kier alpha value is -0.730. The van der Waals surface area contributed by atoms with E-state index in [0.29, 0.717) is 0 Å². The molecule has 132 valence electrons. The third kappa shape index (κ3) is 17.3. The molecule has 0 heterocycles. The van der Waals surface area contributed by atoms with Crippen LogP contribution in [0.1, 0.15) is 110 Å². The first-order valence-electron chi connectivity index (χ1n) is 9.56. The molecule has 0 aliphatic rings. The van der Waals surface area contributed by atoms with Gasteiger partial charge < -0.3 is 9.84 Å². The Kier molecular flexibility index (Phi) is 16.1. The van der Waals surface area contributed by atoms with Gasteiger partial charge >= 0.3 is 6.16 Å². The Morgan fingerprint density at radius 3 is 1.50 bits per heavy atom. The molecule has 3 heteroatoms. The van der Waals surface area contributed by atoms with Crippen molar-refractivity contribution in [2.45, 2.75) is 116 Å². The quantitative estimate of drug-likeness (QED) is 0.248. The molecular weight excluding hydrogens is 276 g/mol. The van der Waals surface area contributed by atoms with Crippen molar-refractivity contribution < 1.29 is 14.6 Å². The summed E-state index contributed by atoms with van der Waals surface area (Å²) in [5.41, 5.74) is 0. The zero-order valence-corrected chi connectivity index (χ0v) is 14.9. The van der Waals surface area contributed by atoms with Gasteiger partial charge in [-0.05, 0) is 19.8 Å². The molecule has 1 N–H and O–H groups in total.